The van der Waals surface area contributed by atoms with Gasteiger partial charge in [-0.2, -0.15) is 0 Å². The number of rotatable bonds is 6. The number of amides is 3. The van der Waals surface area contributed by atoms with Crippen LogP contribution in [0, 0.1) is 0 Å². The Morgan fingerprint density at radius 2 is 1.95 bits per heavy atom. The normalized spacial score (nSPS) is 26.5. The number of methoxy groups -OCH3 is 1. The fourth-order valence-electron chi connectivity index (χ4n) is 3.08. The molecule has 2 aliphatic rings. The number of nitrogens with one attached hydrogen (secondary N) is 1. The molecule has 0 aliphatic carbocycles. The molecule has 1 atom stereocenters. The molecule has 2 saturated heterocycles. The van der Waals surface area contributed by atoms with Gasteiger partial charge in [-0.25, -0.2) is 4.79 Å². The van der Waals surface area contributed by atoms with Crippen LogP contribution in [0.4, 0.5) is 4.79 Å². The Morgan fingerprint density at radius 3 is 2.50 bits per heavy atom. The molecule has 2 fully saturated rings. The van der Waals surface area contributed by atoms with Crippen molar-refractivity contribution in [1.29, 1.82) is 0 Å². The van der Waals surface area contributed by atoms with E-state index in [4.69, 9.17) is 4.74 Å². The molecule has 0 spiro atoms. The van der Waals surface area contributed by atoms with E-state index in [0.717, 1.165) is 39.3 Å². The van der Waals surface area contributed by atoms with Crippen molar-refractivity contribution < 1.29 is 14.3 Å². The largest absolute Gasteiger partial charge is 0.383 e. The number of ether oxygens (including phenoxy) is 1. The van der Waals surface area contributed by atoms with E-state index in [9.17, 15) is 9.59 Å². The third kappa shape index (κ3) is 3.77. The molecule has 1 unspecified atom stereocenters. The van der Waals surface area contributed by atoms with Crippen LogP contribution in [0.5, 0.6) is 0 Å². The van der Waals surface area contributed by atoms with Crippen molar-refractivity contribution in [2.75, 3.05) is 53.0 Å². The van der Waals surface area contributed by atoms with Crippen LogP contribution in [0.1, 0.15) is 20.8 Å². The summed E-state index contributed by atoms with van der Waals surface area (Å²) in [6.45, 7) is 11.5. The summed E-state index contributed by atoms with van der Waals surface area (Å²) in [5, 5.41) is 2.72. The Balaban J connectivity index is 1.79. The smallest absolute Gasteiger partial charge is 0.325 e. The van der Waals surface area contributed by atoms with E-state index in [1.165, 1.54) is 4.90 Å². The predicted octanol–water partition coefficient (Wildman–Crippen LogP) is -0.0307. The number of carbonyl (C=O) groups excluding carboxylic acids is 2. The summed E-state index contributed by atoms with van der Waals surface area (Å²) in [4.78, 5) is 30.1. The van der Waals surface area contributed by atoms with E-state index in [0.29, 0.717) is 12.6 Å². The molecule has 0 aromatic heterocycles. The summed E-state index contributed by atoms with van der Waals surface area (Å²) >= 11 is 0. The van der Waals surface area contributed by atoms with E-state index in [1.54, 1.807) is 21.0 Å². The second-order valence-corrected chi connectivity index (χ2v) is 6.69. The number of hydrogen-bond acceptors (Lipinski definition) is 5. The van der Waals surface area contributed by atoms with Crippen LogP contribution in [-0.4, -0.2) is 91.2 Å². The van der Waals surface area contributed by atoms with Crippen LogP contribution in [0.2, 0.25) is 0 Å². The summed E-state index contributed by atoms with van der Waals surface area (Å²) in [5.41, 5.74) is -0.775. The van der Waals surface area contributed by atoms with Gasteiger partial charge >= 0.3 is 6.03 Å². The summed E-state index contributed by atoms with van der Waals surface area (Å²) in [6.07, 6.45) is 0. The first-order valence-electron chi connectivity index (χ1n) is 7.94. The number of carbonyl (C=O) groups is 2. The second-order valence-electron chi connectivity index (χ2n) is 6.69. The zero-order valence-electron chi connectivity index (χ0n) is 14.1. The number of hydrogen-bond donors (Lipinski definition) is 1. The minimum Gasteiger partial charge on any atom is -0.383 e. The van der Waals surface area contributed by atoms with Crippen LogP contribution in [0.15, 0.2) is 0 Å². The van der Waals surface area contributed by atoms with Gasteiger partial charge in [-0.3, -0.25) is 19.5 Å². The van der Waals surface area contributed by atoms with E-state index >= 15 is 0 Å². The summed E-state index contributed by atoms with van der Waals surface area (Å²) in [5.74, 6) is -0.135. The maximum atomic E-state index is 12.1. The standard InChI is InChI=1S/C15H28N4O3/c1-12-11-17(5-7-18(12)9-10-22-4)6-8-19-13(20)15(2,3)16-14(19)21/h12H,5-11H2,1-4H3,(H,16,21). The molecule has 7 nitrogen and oxygen atoms in total. The van der Waals surface area contributed by atoms with Gasteiger partial charge in [0.15, 0.2) is 0 Å². The SMILES string of the molecule is COCCN1CCN(CCN2C(=O)NC(C)(C)C2=O)CC1C. The van der Waals surface area contributed by atoms with Crippen LogP contribution in [0.25, 0.3) is 0 Å². The molecule has 2 heterocycles. The van der Waals surface area contributed by atoms with Gasteiger partial charge in [-0.1, -0.05) is 0 Å². The number of urea groups is 1. The molecule has 7 heteroatoms. The minimum absolute atomic E-state index is 0.135. The zero-order valence-corrected chi connectivity index (χ0v) is 14.1. The number of piperazine rings is 1. The Bertz CT molecular complexity index is 427. The van der Waals surface area contributed by atoms with Crippen molar-refractivity contribution in [3.8, 4) is 0 Å². The number of nitrogens with zero attached hydrogens (tertiary/aromatic N) is 3. The molecule has 0 saturated carbocycles. The van der Waals surface area contributed by atoms with Gasteiger partial charge in [0, 0.05) is 52.4 Å². The van der Waals surface area contributed by atoms with Gasteiger partial charge < -0.3 is 10.1 Å². The molecule has 3 amide bonds. The Labute approximate surface area is 132 Å². The highest BCUT2D eigenvalue weighted by molar-refractivity contribution is 6.06. The molecule has 22 heavy (non-hydrogen) atoms. The van der Waals surface area contributed by atoms with E-state index in [2.05, 4.69) is 22.0 Å². The Morgan fingerprint density at radius 1 is 1.23 bits per heavy atom. The topological polar surface area (TPSA) is 65.1 Å². The molecule has 0 bridgehead atoms. The molecular formula is C15H28N4O3. The van der Waals surface area contributed by atoms with Crippen molar-refractivity contribution in [1.82, 2.24) is 20.0 Å². The monoisotopic (exact) mass is 312 g/mol. The van der Waals surface area contributed by atoms with Crippen LogP contribution >= 0.6 is 0 Å². The van der Waals surface area contributed by atoms with Crippen molar-refractivity contribution >= 4 is 11.9 Å². The minimum atomic E-state index is -0.775. The van der Waals surface area contributed by atoms with Crippen molar-refractivity contribution in [3.63, 3.8) is 0 Å². The van der Waals surface area contributed by atoms with Crippen LogP contribution in [-0.2, 0) is 9.53 Å². The van der Waals surface area contributed by atoms with Gasteiger partial charge in [0.2, 0.25) is 0 Å². The lowest BCUT2D eigenvalue weighted by atomic mass is 10.1. The highest BCUT2D eigenvalue weighted by Crippen LogP contribution is 2.17. The molecule has 2 rings (SSSR count). The first kappa shape index (κ1) is 17.2. The third-order valence-electron chi connectivity index (χ3n) is 4.52. The van der Waals surface area contributed by atoms with Crippen molar-refractivity contribution in [2.45, 2.75) is 32.4 Å². The molecular weight excluding hydrogens is 284 g/mol. The predicted molar refractivity (Wildman–Crippen MR) is 83.7 cm³/mol. The fraction of sp³-hybridized carbons (Fsp3) is 0.867. The average molecular weight is 312 g/mol. The molecule has 0 aromatic carbocycles. The van der Waals surface area contributed by atoms with Crippen LogP contribution in [0.3, 0.4) is 0 Å². The molecule has 0 aromatic rings. The van der Waals surface area contributed by atoms with Gasteiger partial charge in [-0.15, -0.1) is 0 Å². The third-order valence-corrected chi connectivity index (χ3v) is 4.52. The van der Waals surface area contributed by atoms with E-state index < -0.39 is 5.54 Å². The lowest BCUT2D eigenvalue weighted by molar-refractivity contribution is -0.130. The Hall–Kier alpha value is -1.18. The van der Waals surface area contributed by atoms with Gasteiger partial charge in [0.25, 0.3) is 5.91 Å². The van der Waals surface area contributed by atoms with E-state index in [1.807, 2.05) is 0 Å². The number of imide groups is 1. The first-order valence-corrected chi connectivity index (χ1v) is 7.94. The summed E-state index contributed by atoms with van der Waals surface area (Å²) in [6, 6.07) is 0.185. The van der Waals surface area contributed by atoms with Gasteiger partial charge in [0.1, 0.15) is 5.54 Å². The second kappa shape index (κ2) is 6.93. The van der Waals surface area contributed by atoms with Gasteiger partial charge in [-0.05, 0) is 20.8 Å². The molecule has 0 radical (unpaired) electrons. The maximum Gasteiger partial charge on any atom is 0.325 e. The molecule has 2 aliphatic heterocycles. The quantitative estimate of drug-likeness (QED) is 0.698. The highest BCUT2D eigenvalue weighted by Gasteiger charge is 2.44. The van der Waals surface area contributed by atoms with Crippen LogP contribution < -0.4 is 5.32 Å². The van der Waals surface area contributed by atoms with Crippen molar-refractivity contribution in [3.05, 3.63) is 0 Å². The lowest BCUT2D eigenvalue weighted by Gasteiger charge is -2.40. The lowest BCUT2D eigenvalue weighted by Crippen LogP contribution is -2.54. The molecule has 1 N–H and O–H groups in total. The first-order chi connectivity index (χ1) is 10.3. The highest BCUT2D eigenvalue weighted by atomic mass is 16.5. The van der Waals surface area contributed by atoms with Gasteiger partial charge in [0.05, 0.1) is 6.61 Å². The Kier molecular flexibility index (Phi) is 5.41. The maximum absolute atomic E-state index is 12.1. The average Bonchev–Trinajstić information content (AvgIpc) is 2.64. The van der Waals surface area contributed by atoms with Crippen molar-refractivity contribution in [2.24, 2.45) is 0 Å². The zero-order chi connectivity index (χ0) is 16.3. The summed E-state index contributed by atoms with van der Waals surface area (Å²) < 4.78 is 5.13. The molecule has 126 valence electrons. The fourth-order valence-corrected chi connectivity index (χ4v) is 3.08. The van der Waals surface area contributed by atoms with E-state index in [-0.39, 0.29) is 11.9 Å². The summed E-state index contributed by atoms with van der Waals surface area (Å²) in [7, 11) is 1.72.